The van der Waals surface area contributed by atoms with Crippen LogP contribution in [0.1, 0.15) is 0 Å². The number of alkyl halides is 2. The Morgan fingerprint density at radius 1 is 1.60 bits per heavy atom. The number of hydrogen-bond donors (Lipinski definition) is 1. The van der Waals surface area contributed by atoms with Gasteiger partial charge in [-0.3, -0.25) is 0 Å². The minimum atomic E-state index is -2.49. The highest BCUT2D eigenvalue weighted by Crippen LogP contribution is 2.29. The first-order valence-electron chi connectivity index (χ1n) is 2.96. The molecule has 1 nitrogen and oxygen atoms in total. The van der Waals surface area contributed by atoms with E-state index in [2.05, 4.69) is 19.2 Å². The van der Waals surface area contributed by atoms with E-state index in [4.69, 9.17) is 0 Å². The van der Waals surface area contributed by atoms with E-state index in [1.165, 1.54) is 4.90 Å². The molecule has 58 valence electrons. The highest BCUT2D eigenvalue weighted by atomic mass is 32.1. The second kappa shape index (κ2) is 2.42. The lowest BCUT2D eigenvalue weighted by molar-refractivity contribution is -0.115. The van der Waals surface area contributed by atoms with Crippen LogP contribution < -0.4 is 0 Å². The molecule has 0 aromatic carbocycles. The molecule has 0 aromatic rings. The number of likely N-dealkylation sites (tertiary alicyclic amines) is 1. The third kappa shape index (κ3) is 1.42. The molecule has 0 saturated carbocycles. The van der Waals surface area contributed by atoms with Crippen molar-refractivity contribution in [3.05, 3.63) is 12.3 Å². The number of halogens is 2. The standard InChI is InChI=1S/C6H9F2NS/c1-5(2-10)9-3-6(7,8)4-9/h10H,1-4H2. The van der Waals surface area contributed by atoms with Crippen LogP contribution in [0.15, 0.2) is 12.3 Å². The fraction of sp³-hybridized carbons (Fsp3) is 0.667. The summed E-state index contributed by atoms with van der Waals surface area (Å²) in [6, 6.07) is 0. The maximum atomic E-state index is 12.2. The lowest BCUT2D eigenvalue weighted by atomic mass is 10.1. The monoisotopic (exact) mass is 165 g/mol. The zero-order valence-corrected chi connectivity index (χ0v) is 6.37. The van der Waals surface area contributed by atoms with E-state index in [0.717, 1.165) is 0 Å². The molecule has 1 aliphatic heterocycles. The van der Waals surface area contributed by atoms with Crippen molar-refractivity contribution in [1.29, 1.82) is 0 Å². The van der Waals surface area contributed by atoms with Gasteiger partial charge in [-0.1, -0.05) is 6.58 Å². The Hall–Kier alpha value is -0.250. The smallest absolute Gasteiger partial charge is 0.282 e. The molecule has 0 radical (unpaired) electrons. The first-order chi connectivity index (χ1) is 4.55. The van der Waals surface area contributed by atoms with Gasteiger partial charge < -0.3 is 4.90 Å². The highest BCUT2D eigenvalue weighted by Gasteiger charge is 2.43. The van der Waals surface area contributed by atoms with Crippen molar-refractivity contribution in [2.75, 3.05) is 18.8 Å². The molecule has 0 atom stereocenters. The van der Waals surface area contributed by atoms with Crippen molar-refractivity contribution in [3.8, 4) is 0 Å². The van der Waals surface area contributed by atoms with E-state index in [9.17, 15) is 8.78 Å². The third-order valence-electron chi connectivity index (χ3n) is 1.47. The van der Waals surface area contributed by atoms with Crippen molar-refractivity contribution >= 4 is 12.6 Å². The molecule has 1 aliphatic rings. The molecule has 10 heavy (non-hydrogen) atoms. The van der Waals surface area contributed by atoms with E-state index in [1.54, 1.807) is 0 Å². The molecule has 1 heterocycles. The normalized spacial score (nSPS) is 22.1. The highest BCUT2D eigenvalue weighted by molar-refractivity contribution is 7.80. The van der Waals surface area contributed by atoms with Crippen molar-refractivity contribution in [2.45, 2.75) is 5.92 Å². The summed E-state index contributed by atoms with van der Waals surface area (Å²) < 4.78 is 24.4. The minimum absolute atomic E-state index is 0.188. The second-order valence-electron chi connectivity index (χ2n) is 2.44. The molecular weight excluding hydrogens is 156 g/mol. The second-order valence-corrected chi connectivity index (χ2v) is 2.75. The van der Waals surface area contributed by atoms with Crippen LogP contribution in [0, 0.1) is 0 Å². The fourth-order valence-corrected chi connectivity index (χ4v) is 1.04. The predicted octanol–water partition coefficient (Wildman–Crippen LogP) is 1.38. The molecule has 0 spiro atoms. The Balaban J connectivity index is 2.33. The van der Waals surface area contributed by atoms with E-state index >= 15 is 0 Å². The molecule has 0 aromatic heterocycles. The quantitative estimate of drug-likeness (QED) is 0.605. The Bertz CT molecular complexity index is 150. The van der Waals surface area contributed by atoms with Crippen molar-refractivity contribution in [3.63, 3.8) is 0 Å². The van der Waals surface area contributed by atoms with Crippen LogP contribution in [-0.2, 0) is 0 Å². The first-order valence-corrected chi connectivity index (χ1v) is 3.60. The molecule has 1 rings (SSSR count). The van der Waals surface area contributed by atoms with Gasteiger partial charge in [0.2, 0.25) is 0 Å². The van der Waals surface area contributed by atoms with Crippen molar-refractivity contribution in [1.82, 2.24) is 4.90 Å². The van der Waals surface area contributed by atoms with Gasteiger partial charge in [0.15, 0.2) is 0 Å². The zero-order chi connectivity index (χ0) is 7.78. The Morgan fingerprint density at radius 3 is 2.40 bits per heavy atom. The molecule has 0 amide bonds. The summed E-state index contributed by atoms with van der Waals surface area (Å²) >= 11 is 3.91. The summed E-state index contributed by atoms with van der Waals surface area (Å²) in [4.78, 5) is 1.53. The summed E-state index contributed by atoms with van der Waals surface area (Å²) in [5.74, 6) is -2.04. The van der Waals surface area contributed by atoms with Crippen molar-refractivity contribution in [2.24, 2.45) is 0 Å². The van der Waals surface area contributed by atoms with E-state index in [0.29, 0.717) is 11.4 Å². The Kier molecular flexibility index (Phi) is 1.90. The van der Waals surface area contributed by atoms with Crippen LogP contribution in [0.3, 0.4) is 0 Å². The topological polar surface area (TPSA) is 3.24 Å². The van der Waals surface area contributed by atoms with E-state index in [1.807, 2.05) is 0 Å². The summed E-state index contributed by atoms with van der Waals surface area (Å²) in [6.45, 7) is 3.20. The number of thiol groups is 1. The summed E-state index contributed by atoms with van der Waals surface area (Å²) in [5.41, 5.74) is 0.675. The summed E-state index contributed by atoms with van der Waals surface area (Å²) in [6.07, 6.45) is 0. The largest absolute Gasteiger partial charge is 0.362 e. The van der Waals surface area contributed by atoms with Gasteiger partial charge in [0, 0.05) is 11.4 Å². The van der Waals surface area contributed by atoms with E-state index in [-0.39, 0.29) is 13.1 Å². The molecule has 0 aliphatic carbocycles. The summed E-state index contributed by atoms with van der Waals surface area (Å²) in [7, 11) is 0. The van der Waals surface area contributed by atoms with Crippen LogP contribution in [0.5, 0.6) is 0 Å². The van der Waals surface area contributed by atoms with Gasteiger partial charge in [-0.25, -0.2) is 8.78 Å². The molecular formula is C6H9F2NS. The lowest BCUT2D eigenvalue weighted by Gasteiger charge is -2.41. The average Bonchev–Trinajstić information content (AvgIpc) is 1.81. The van der Waals surface area contributed by atoms with Gasteiger partial charge in [0.05, 0.1) is 13.1 Å². The molecule has 1 saturated heterocycles. The van der Waals surface area contributed by atoms with Gasteiger partial charge in [0.25, 0.3) is 5.92 Å². The molecule has 0 unspecified atom stereocenters. The van der Waals surface area contributed by atoms with Crippen LogP contribution in [0.25, 0.3) is 0 Å². The molecule has 4 heteroatoms. The van der Waals surface area contributed by atoms with Gasteiger partial charge in [0.1, 0.15) is 0 Å². The third-order valence-corrected chi connectivity index (χ3v) is 1.84. The summed E-state index contributed by atoms with van der Waals surface area (Å²) in [5, 5.41) is 0. The molecule has 0 bridgehead atoms. The molecule has 0 N–H and O–H groups in total. The van der Waals surface area contributed by atoms with Crippen LogP contribution in [0.4, 0.5) is 8.78 Å². The van der Waals surface area contributed by atoms with E-state index < -0.39 is 5.92 Å². The zero-order valence-electron chi connectivity index (χ0n) is 5.48. The van der Waals surface area contributed by atoms with Crippen LogP contribution in [-0.4, -0.2) is 29.7 Å². The van der Waals surface area contributed by atoms with Gasteiger partial charge in [-0.15, -0.1) is 0 Å². The fourth-order valence-electron chi connectivity index (χ4n) is 0.836. The van der Waals surface area contributed by atoms with Gasteiger partial charge in [-0.2, -0.15) is 12.6 Å². The first kappa shape index (κ1) is 7.85. The van der Waals surface area contributed by atoms with Gasteiger partial charge in [-0.05, 0) is 0 Å². The van der Waals surface area contributed by atoms with Crippen LogP contribution in [0.2, 0.25) is 0 Å². The molecule has 1 fully saturated rings. The van der Waals surface area contributed by atoms with Crippen molar-refractivity contribution < 1.29 is 8.78 Å². The number of hydrogen-bond acceptors (Lipinski definition) is 2. The number of rotatable bonds is 2. The Labute approximate surface area is 64.1 Å². The minimum Gasteiger partial charge on any atom is -0.362 e. The number of nitrogens with zero attached hydrogens (tertiary/aromatic N) is 1. The maximum absolute atomic E-state index is 12.2. The average molecular weight is 165 g/mol. The van der Waals surface area contributed by atoms with Gasteiger partial charge >= 0.3 is 0 Å². The SMILES string of the molecule is C=C(CS)N1CC(F)(F)C1. The lowest BCUT2D eigenvalue weighted by Crippen LogP contribution is -2.55. The Morgan fingerprint density at radius 2 is 2.10 bits per heavy atom. The maximum Gasteiger partial charge on any atom is 0.282 e. The predicted molar refractivity (Wildman–Crippen MR) is 39.5 cm³/mol. The van der Waals surface area contributed by atoms with Crippen LogP contribution >= 0.6 is 12.6 Å².